The van der Waals surface area contributed by atoms with E-state index in [1.54, 1.807) is 6.33 Å². The van der Waals surface area contributed by atoms with E-state index >= 15 is 0 Å². The van der Waals surface area contributed by atoms with Crippen LogP contribution in [0.4, 0.5) is 11.8 Å². The van der Waals surface area contributed by atoms with Gasteiger partial charge < -0.3 is 14.8 Å². The van der Waals surface area contributed by atoms with Crippen LogP contribution in [0.2, 0.25) is 0 Å². The first-order chi connectivity index (χ1) is 12.8. The summed E-state index contributed by atoms with van der Waals surface area (Å²) in [7, 11) is 0. The third-order valence-corrected chi connectivity index (χ3v) is 4.86. The van der Waals surface area contributed by atoms with Gasteiger partial charge in [-0.3, -0.25) is 0 Å². The van der Waals surface area contributed by atoms with E-state index in [-0.39, 0.29) is 0 Å². The van der Waals surface area contributed by atoms with Crippen molar-refractivity contribution in [2.24, 2.45) is 0 Å². The van der Waals surface area contributed by atoms with E-state index in [4.69, 9.17) is 4.98 Å². The molecular formula is C18H20N8. The number of hydrogen-bond donors (Lipinski definition) is 1. The molecule has 0 saturated carbocycles. The van der Waals surface area contributed by atoms with E-state index in [1.165, 1.54) is 0 Å². The zero-order chi connectivity index (χ0) is 17.5. The standard InChI is InChI=1S/C18H20N8/c1-13-11-16(26-17(21-13)19-12-20-26)24-7-4-8-25(10-9-24)18-22-14-5-2-3-6-15(14)23-18/h2-3,5-6,11-12H,4,7-10H2,1H3,(H,22,23). The van der Waals surface area contributed by atoms with Gasteiger partial charge in [-0.1, -0.05) is 12.1 Å². The van der Waals surface area contributed by atoms with Gasteiger partial charge in [-0.2, -0.15) is 14.6 Å². The Labute approximate surface area is 150 Å². The first kappa shape index (κ1) is 15.1. The van der Waals surface area contributed by atoms with Crippen molar-refractivity contribution in [1.82, 2.24) is 29.5 Å². The predicted octanol–water partition coefficient (Wildman–Crippen LogP) is 2.03. The number of rotatable bonds is 2. The van der Waals surface area contributed by atoms with Gasteiger partial charge in [0.05, 0.1) is 11.0 Å². The van der Waals surface area contributed by atoms with Crippen molar-refractivity contribution >= 4 is 28.6 Å². The Morgan fingerprint density at radius 1 is 1.00 bits per heavy atom. The fourth-order valence-corrected chi connectivity index (χ4v) is 3.58. The van der Waals surface area contributed by atoms with Gasteiger partial charge in [0.25, 0.3) is 5.78 Å². The minimum atomic E-state index is 0.651. The molecule has 1 aliphatic rings. The average Bonchev–Trinajstić information content (AvgIpc) is 3.21. The lowest BCUT2D eigenvalue weighted by atomic mass is 10.3. The molecule has 1 aliphatic heterocycles. The molecule has 0 bridgehead atoms. The smallest absolute Gasteiger partial charge is 0.254 e. The van der Waals surface area contributed by atoms with Gasteiger partial charge in [-0.05, 0) is 25.5 Å². The number of nitrogens with zero attached hydrogens (tertiary/aromatic N) is 7. The molecule has 0 spiro atoms. The molecule has 1 saturated heterocycles. The van der Waals surface area contributed by atoms with E-state index < -0.39 is 0 Å². The molecule has 8 heteroatoms. The highest BCUT2D eigenvalue weighted by Crippen LogP contribution is 2.21. The second-order valence-electron chi connectivity index (χ2n) is 6.63. The van der Waals surface area contributed by atoms with Gasteiger partial charge in [0.1, 0.15) is 12.1 Å². The topological polar surface area (TPSA) is 78.2 Å². The molecule has 0 unspecified atom stereocenters. The number of para-hydroxylation sites is 2. The minimum Gasteiger partial charge on any atom is -0.355 e. The highest BCUT2D eigenvalue weighted by molar-refractivity contribution is 5.77. The van der Waals surface area contributed by atoms with E-state index in [2.05, 4.69) is 42.0 Å². The van der Waals surface area contributed by atoms with Crippen LogP contribution in [0.3, 0.4) is 0 Å². The third kappa shape index (κ3) is 2.54. The Kier molecular flexibility index (Phi) is 3.48. The Balaban J connectivity index is 1.42. The molecule has 4 aromatic rings. The van der Waals surface area contributed by atoms with Crippen LogP contribution in [0.1, 0.15) is 12.1 Å². The molecule has 1 fully saturated rings. The van der Waals surface area contributed by atoms with Crippen molar-refractivity contribution in [2.45, 2.75) is 13.3 Å². The zero-order valence-corrected chi connectivity index (χ0v) is 14.6. The molecule has 8 nitrogen and oxygen atoms in total. The summed E-state index contributed by atoms with van der Waals surface area (Å²) < 4.78 is 1.82. The molecule has 4 heterocycles. The number of H-pyrrole nitrogens is 1. The minimum absolute atomic E-state index is 0.651. The highest BCUT2D eigenvalue weighted by atomic mass is 15.4. The second-order valence-corrected chi connectivity index (χ2v) is 6.63. The van der Waals surface area contributed by atoms with Gasteiger partial charge in [-0.15, -0.1) is 0 Å². The summed E-state index contributed by atoms with van der Waals surface area (Å²) in [4.78, 5) is 21.5. The lowest BCUT2D eigenvalue weighted by molar-refractivity contribution is 0.767. The van der Waals surface area contributed by atoms with Crippen molar-refractivity contribution in [2.75, 3.05) is 36.0 Å². The lowest BCUT2D eigenvalue weighted by Gasteiger charge is -2.23. The Bertz CT molecular complexity index is 1030. The van der Waals surface area contributed by atoms with E-state index in [0.29, 0.717) is 5.78 Å². The van der Waals surface area contributed by atoms with Crippen LogP contribution in [0, 0.1) is 6.92 Å². The fourth-order valence-electron chi connectivity index (χ4n) is 3.58. The summed E-state index contributed by atoms with van der Waals surface area (Å²) in [6.07, 6.45) is 2.61. The number of aryl methyl sites for hydroxylation is 1. The van der Waals surface area contributed by atoms with Gasteiger partial charge in [-0.25, -0.2) is 9.97 Å². The zero-order valence-electron chi connectivity index (χ0n) is 14.6. The van der Waals surface area contributed by atoms with Gasteiger partial charge in [0.15, 0.2) is 0 Å². The van der Waals surface area contributed by atoms with Crippen molar-refractivity contribution in [1.29, 1.82) is 0 Å². The van der Waals surface area contributed by atoms with Crippen LogP contribution < -0.4 is 9.80 Å². The normalized spacial score (nSPS) is 15.7. The van der Waals surface area contributed by atoms with E-state index in [9.17, 15) is 0 Å². The number of nitrogens with one attached hydrogen (secondary N) is 1. The molecule has 26 heavy (non-hydrogen) atoms. The molecular weight excluding hydrogens is 328 g/mol. The molecule has 1 aromatic carbocycles. The number of imidazole rings is 1. The number of benzene rings is 1. The summed E-state index contributed by atoms with van der Waals surface area (Å²) in [5.74, 6) is 2.65. The fraction of sp³-hybridized carbons (Fsp3) is 0.333. The van der Waals surface area contributed by atoms with Gasteiger partial charge >= 0.3 is 0 Å². The highest BCUT2D eigenvalue weighted by Gasteiger charge is 2.20. The van der Waals surface area contributed by atoms with Crippen molar-refractivity contribution < 1.29 is 0 Å². The summed E-state index contributed by atoms with van der Waals surface area (Å²) >= 11 is 0. The maximum atomic E-state index is 4.75. The molecule has 5 rings (SSSR count). The van der Waals surface area contributed by atoms with Crippen LogP contribution >= 0.6 is 0 Å². The Morgan fingerprint density at radius 3 is 2.77 bits per heavy atom. The summed E-state index contributed by atoms with van der Waals surface area (Å²) in [6.45, 7) is 5.74. The molecule has 0 atom stereocenters. The Hall–Kier alpha value is -3.16. The van der Waals surface area contributed by atoms with Crippen molar-refractivity contribution in [3.05, 3.63) is 42.4 Å². The average molecular weight is 348 g/mol. The second kappa shape index (κ2) is 5.98. The molecule has 132 valence electrons. The van der Waals surface area contributed by atoms with Crippen LogP contribution in [-0.2, 0) is 0 Å². The van der Waals surface area contributed by atoms with E-state index in [1.807, 2.05) is 29.6 Å². The monoisotopic (exact) mass is 348 g/mol. The largest absolute Gasteiger partial charge is 0.355 e. The van der Waals surface area contributed by atoms with Gasteiger partial charge in [0.2, 0.25) is 5.95 Å². The third-order valence-electron chi connectivity index (χ3n) is 4.86. The maximum Gasteiger partial charge on any atom is 0.254 e. The Morgan fingerprint density at radius 2 is 1.85 bits per heavy atom. The number of fused-ring (bicyclic) bond motifs is 2. The number of aromatic amines is 1. The van der Waals surface area contributed by atoms with Crippen molar-refractivity contribution in [3.63, 3.8) is 0 Å². The lowest BCUT2D eigenvalue weighted by Crippen LogP contribution is -2.32. The van der Waals surface area contributed by atoms with Crippen LogP contribution in [0.15, 0.2) is 36.7 Å². The predicted molar refractivity (Wildman–Crippen MR) is 101 cm³/mol. The van der Waals surface area contributed by atoms with Gasteiger partial charge in [0, 0.05) is 37.9 Å². The quantitative estimate of drug-likeness (QED) is 0.597. The summed E-state index contributed by atoms with van der Waals surface area (Å²) in [6, 6.07) is 10.2. The SMILES string of the molecule is Cc1cc(N2CCCN(c3nc4ccccc4[nH]3)CC2)n2ncnc2n1. The van der Waals surface area contributed by atoms with Crippen LogP contribution in [0.5, 0.6) is 0 Å². The molecule has 0 radical (unpaired) electrons. The number of hydrogen-bond acceptors (Lipinski definition) is 6. The molecule has 0 aliphatic carbocycles. The maximum absolute atomic E-state index is 4.75. The first-order valence-electron chi connectivity index (χ1n) is 8.90. The first-order valence-corrected chi connectivity index (χ1v) is 8.90. The molecule has 3 aromatic heterocycles. The van der Waals surface area contributed by atoms with Crippen LogP contribution in [-0.4, -0.2) is 55.7 Å². The molecule has 0 amide bonds. The summed E-state index contributed by atoms with van der Waals surface area (Å²) in [5, 5.41) is 4.34. The van der Waals surface area contributed by atoms with E-state index in [0.717, 1.165) is 61.1 Å². The molecule has 1 N–H and O–H groups in total. The number of anilines is 2. The number of aromatic nitrogens is 6. The summed E-state index contributed by atoms with van der Waals surface area (Å²) in [5.41, 5.74) is 3.05. The van der Waals surface area contributed by atoms with Crippen LogP contribution in [0.25, 0.3) is 16.8 Å². The van der Waals surface area contributed by atoms with Crippen molar-refractivity contribution in [3.8, 4) is 0 Å².